The average molecular weight is 878 g/mol. The summed E-state index contributed by atoms with van der Waals surface area (Å²) in [6, 6.07) is 101. The molecule has 2 aliphatic carbocycles. The van der Waals surface area contributed by atoms with Crippen LogP contribution in [0.15, 0.2) is 273 Å². The fraction of sp³-hybridized carbons (Fsp3) is 0.0294. The molecule has 13 rings (SSSR count). The van der Waals surface area contributed by atoms with Crippen molar-refractivity contribution in [3.8, 4) is 77.9 Å². The zero-order chi connectivity index (χ0) is 45.7. The summed E-state index contributed by atoms with van der Waals surface area (Å²) in [5.41, 5.74) is 25.7. The van der Waals surface area contributed by atoms with E-state index in [1.54, 1.807) is 0 Å². The second kappa shape index (κ2) is 16.8. The Morgan fingerprint density at radius 3 is 1.26 bits per heavy atom. The van der Waals surface area contributed by atoms with Gasteiger partial charge in [-0.25, -0.2) is 0 Å². The fourth-order valence-electron chi connectivity index (χ4n) is 11.7. The Labute approximate surface area is 404 Å². The third-order valence-corrected chi connectivity index (χ3v) is 14.6. The molecule has 0 bridgehead atoms. The largest absolute Gasteiger partial charge is 0.336 e. The average Bonchev–Trinajstić information content (AvgIpc) is 3.90. The standard InChI is InChI=1S/C68H47N/c1-4-23-47(24-5-1)52-30-12-13-36-60(52)67-55(49-27-8-3-9-28-49)37-22-38-61(67)53-31-11-10-29-50(53)46-69(66-42-21-17-32-54(66)48-25-6-2-7-26-48)51-43-44-59-58-35-16-20-41-64(58)68(65(59)45-51)62-39-18-14-33-56(62)57-34-15-19-40-63(57)68/h1-45H,46H2. The summed E-state index contributed by atoms with van der Waals surface area (Å²) in [7, 11) is 0. The van der Waals surface area contributed by atoms with E-state index < -0.39 is 5.41 Å². The third-order valence-electron chi connectivity index (χ3n) is 14.6. The summed E-state index contributed by atoms with van der Waals surface area (Å²) < 4.78 is 0. The maximum absolute atomic E-state index is 2.57. The maximum atomic E-state index is 2.57. The molecule has 0 aromatic heterocycles. The summed E-state index contributed by atoms with van der Waals surface area (Å²) >= 11 is 0. The summed E-state index contributed by atoms with van der Waals surface area (Å²) in [5.74, 6) is 0. The van der Waals surface area contributed by atoms with E-state index in [-0.39, 0.29) is 0 Å². The van der Waals surface area contributed by atoms with Crippen LogP contribution in [-0.4, -0.2) is 0 Å². The van der Waals surface area contributed by atoms with Crippen LogP contribution >= 0.6 is 0 Å². The molecule has 1 heteroatoms. The van der Waals surface area contributed by atoms with Gasteiger partial charge in [0.15, 0.2) is 0 Å². The van der Waals surface area contributed by atoms with Gasteiger partial charge in [0.1, 0.15) is 0 Å². The summed E-state index contributed by atoms with van der Waals surface area (Å²) in [4.78, 5) is 2.57. The second-order valence-electron chi connectivity index (χ2n) is 18.2. The molecule has 2 aliphatic rings. The molecule has 0 unspecified atom stereocenters. The normalized spacial score (nSPS) is 12.5. The molecular formula is C68H47N. The minimum Gasteiger partial charge on any atom is -0.336 e. The van der Waals surface area contributed by atoms with E-state index in [1.807, 2.05) is 0 Å². The molecule has 11 aromatic carbocycles. The fourth-order valence-corrected chi connectivity index (χ4v) is 11.7. The van der Waals surface area contributed by atoms with Crippen LogP contribution in [0, 0.1) is 0 Å². The quantitative estimate of drug-likeness (QED) is 0.140. The molecule has 0 aliphatic heterocycles. The number of rotatable bonds is 9. The zero-order valence-corrected chi connectivity index (χ0v) is 38.1. The lowest BCUT2D eigenvalue weighted by Crippen LogP contribution is -2.26. The molecule has 69 heavy (non-hydrogen) atoms. The Morgan fingerprint density at radius 1 is 0.261 bits per heavy atom. The molecule has 0 saturated heterocycles. The Hall–Kier alpha value is -8.78. The van der Waals surface area contributed by atoms with E-state index >= 15 is 0 Å². The molecule has 11 aromatic rings. The smallest absolute Gasteiger partial charge is 0.0726 e. The highest BCUT2D eigenvalue weighted by Gasteiger charge is 2.51. The summed E-state index contributed by atoms with van der Waals surface area (Å²) in [6.07, 6.45) is 0. The Kier molecular flexibility index (Phi) is 9.87. The van der Waals surface area contributed by atoms with Crippen LogP contribution in [0.5, 0.6) is 0 Å². The topological polar surface area (TPSA) is 3.24 Å². The van der Waals surface area contributed by atoms with E-state index in [4.69, 9.17) is 0 Å². The van der Waals surface area contributed by atoms with Crippen molar-refractivity contribution in [2.45, 2.75) is 12.0 Å². The highest BCUT2D eigenvalue weighted by Crippen LogP contribution is 2.63. The number of anilines is 2. The lowest BCUT2D eigenvalue weighted by molar-refractivity contribution is 0.792. The first-order chi connectivity index (χ1) is 34.3. The maximum Gasteiger partial charge on any atom is 0.0726 e. The predicted molar refractivity (Wildman–Crippen MR) is 289 cm³/mol. The van der Waals surface area contributed by atoms with Crippen LogP contribution in [0.1, 0.15) is 27.8 Å². The Balaban J connectivity index is 1.04. The van der Waals surface area contributed by atoms with Crippen LogP contribution in [0.3, 0.4) is 0 Å². The Morgan fingerprint density at radius 2 is 0.667 bits per heavy atom. The first kappa shape index (κ1) is 40.5. The van der Waals surface area contributed by atoms with Crippen LogP contribution in [0.4, 0.5) is 11.4 Å². The van der Waals surface area contributed by atoms with Gasteiger partial charge in [-0.1, -0.05) is 255 Å². The van der Waals surface area contributed by atoms with Gasteiger partial charge in [-0.2, -0.15) is 0 Å². The van der Waals surface area contributed by atoms with Gasteiger partial charge >= 0.3 is 0 Å². The second-order valence-corrected chi connectivity index (χ2v) is 18.2. The Bertz CT molecular complexity index is 3640. The molecule has 0 heterocycles. The molecule has 0 radical (unpaired) electrons. The first-order valence-electron chi connectivity index (χ1n) is 24.0. The minimum absolute atomic E-state index is 0.462. The number of nitrogens with zero attached hydrogens (tertiary/aromatic N) is 1. The molecule has 1 spiro atoms. The van der Waals surface area contributed by atoms with Crippen molar-refractivity contribution in [2.24, 2.45) is 0 Å². The first-order valence-corrected chi connectivity index (χ1v) is 24.0. The zero-order valence-electron chi connectivity index (χ0n) is 38.1. The van der Waals surface area contributed by atoms with Crippen molar-refractivity contribution < 1.29 is 0 Å². The van der Waals surface area contributed by atoms with Crippen LogP contribution in [0.25, 0.3) is 77.9 Å². The van der Waals surface area contributed by atoms with Crippen LogP contribution < -0.4 is 4.90 Å². The monoisotopic (exact) mass is 877 g/mol. The number of benzene rings is 11. The lowest BCUT2D eigenvalue weighted by atomic mass is 9.70. The number of hydrogen-bond acceptors (Lipinski definition) is 1. The molecule has 0 saturated carbocycles. The number of hydrogen-bond donors (Lipinski definition) is 0. The van der Waals surface area contributed by atoms with Gasteiger partial charge in [0, 0.05) is 23.5 Å². The summed E-state index contributed by atoms with van der Waals surface area (Å²) in [6.45, 7) is 0.626. The van der Waals surface area contributed by atoms with Crippen molar-refractivity contribution in [3.63, 3.8) is 0 Å². The van der Waals surface area contributed by atoms with E-state index in [2.05, 4.69) is 278 Å². The molecule has 0 fully saturated rings. The third kappa shape index (κ3) is 6.54. The van der Waals surface area contributed by atoms with E-state index in [9.17, 15) is 0 Å². The SMILES string of the molecule is c1ccc(-c2ccccc2-c2c(-c3ccccc3)cccc2-c2ccccc2CN(c2ccc3c(c2)C2(c4ccccc4-c4ccccc42)c2ccccc2-3)c2ccccc2-c2ccccc2)cc1. The van der Waals surface area contributed by atoms with Gasteiger partial charge in [-0.15, -0.1) is 0 Å². The van der Waals surface area contributed by atoms with Gasteiger partial charge in [0.05, 0.1) is 5.41 Å². The molecule has 0 amide bonds. The van der Waals surface area contributed by atoms with Crippen molar-refractivity contribution in [1.82, 2.24) is 0 Å². The van der Waals surface area contributed by atoms with E-state index in [0.29, 0.717) is 6.54 Å². The van der Waals surface area contributed by atoms with E-state index in [0.717, 1.165) is 11.4 Å². The molecule has 324 valence electrons. The van der Waals surface area contributed by atoms with Gasteiger partial charge in [0.2, 0.25) is 0 Å². The van der Waals surface area contributed by atoms with E-state index in [1.165, 1.54) is 106 Å². The van der Waals surface area contributed by atoms with Gasteiger partial charge < -0.3 is 4.90 Å². The van der Waals surface area contributed by atoms with Gasteiger partial charge in [-0.05, 0) is 118 Å². The number of fused-ring (bicyclic) bond motifs is 10. The highest BCUT2D eigenvalue weighted by molar-refractivity contribution is 6.01. The van der Waals surface area contributed by atoms with Gasteiger partial charge in [0.25, 0.3) is 0 Å². The predicted octanol–water partition coefficient (Wildman–Crippen LogP) is 17.7. The lowest BCUT2D eigenvalue weighted by Gasteiger charge is -2.33. The number of para-hydroxylation sites is 1. The molecular weight excluding hydrogens is 831 g/mol. The molecule has 1 nitrogen and oxygen atoms in total. The van der Waals surface area contributed by atoms with Crippen LogP contribution in [-0.2, 0) is 12.0 Å². The summed E-state index contributed by atoms with van der Waals surface area (Å²) in [5, 5.41) is 0. The van der Waals surface area contributed by atoms with Crippen molar-refractivity contribution >= 4 is 11.4 Å². The molecule has 0 N–H and O–H groups in total. The molecule has 0 atom stereocenters. The van der Waals surface area contributed by atoms with Crippen LogP contribution in [0.2, 0.25) is 0 Å². The minimum atomic E-state index is -0.462. The van der Waals surface area contributed by atoms with Crippen molar-refractivity contribution in [3.05, 3.63) is 301 Å². The van der Waals surface area contributed by atoms with Crippen molar-refractivity contribution in [2.75, 3.05) is 4.90 Å². The van der Waals surface area contributed by atoms with Gasteiger partial charge in [-0.3, -0.25) is 0 Å². The van der Waals surface area contributed by atoms with Crippen molar-refractivity contribution in [1.29, 1.82) is 0 Å². The highest BCUT2D eigenvalue weighted by atomic mass is 15.1.